The van der Waals surface area contributed by atoms with Crippen molar-refractivity contribution in [2.45, 2.75) is 150 Å². The van der Waals surface area contributed by atoms with E-state index in [1.807, 2.05) is 31.1 Å². The predicted molar refractivity (Wildman–Crippen MR) is 239 cm³/mol. The Kier molecular flexibility index (Phi) is 23.4. The van der Waals surface area contributed by atoms with Crippen LogP contribution in [-0.4, -0.2) is 47.3 Å². The number of rotatable bonds is 18. The van der Waals surface area contributed by atoms with Gasteiger partial charge >= 0.3 is 0 Å². The third-order valence-electron chi connectivity index (χ3n) is 9.17. The minimum Gasteiger partial charge on any atom is -0.383 e. The van der Waals surface area contributed by atoms with E-state index in [-0.39, 0.29) is 23.3 Å². The van der Waals surface area contributed by atoms with Crippen molar-refractivity contribution in [1.29, 1.82) is 0 Å². The van der Waals surface area contributed by atoms with Crippen LogP contribution in [-0.2, 0) is 13.1 Å². The van der Waals surface area contributed by atoms with E-state index >= 15 is 0 Å². The Morgan fingerprint density at radius 1 is 1.04 bits per heavy atom. The van der Waals surface area contributed by atoms with Crippen molar-refractivity contribution in [2.24, 2.45) is 5.41 Å². The Bertz CT molecular complexity index is 1380. The molecule has 1 aromatic rings. The molecule has 2 atom stereocenters. The first-order valence-corrected chi connectivity index (χ1v) is 21.1. The second-order valence-electron chi connectivity index (χ2n) is 16.4. The number of benzene rings is 1. The van der Waals surface area contributed by atoms with Gasteiger partial charge in [-0.2, -0.15) is 0 Å². The Hall–Kier alpha value is -3.16. The Labute approximate surface area is 336 Å². The van der Waals surface area contributed by atoms with Crippen LogP contribution in [0.5, 0.6) is 0 Å². The SMILES string of the molecule is C=C(C=C(C)C)CC.C=C(CC(C)(C)C)NCC(=C)N1CCCC1C(=C)NC(CCCC)C(=C)NSC1CC1.C=CCC.CN1Cc2cccc(F)c2C1. The van der Waals surface area contributed by atoms with Gasteiger partial charge in [0.25, 0.3) is 0 Å². The molecule has 2 fully saturated rings. The number of fused-ring (bicyclic) bond motifs is 1. The highest BCUT2D eigenvalue weighted by atomic mass is 32.2. The lowest BCUT2D eigenvalue weighted by molar-refractivity contribution is 0.328. The molecule has 2 heterocycles. The van der Waals surface area contributed by atoms with Crippen LogP contribution >= 0.6 is 11.9 Å². The maximum absolute atomic E-state index is 13.0. The summed E-state index contributed by atoms with van der Waals surface area (Å²) in [7, 11) is 2.00. The third-order valence-corrected chi connectivity index (χ3v) is 10.4. The van der Waals surface area contributed by atoms with Crippen LogP contribution in [0.2, 0.25) is 0 Å². The fourth-order valence-electron chi connectivity index (χ4n) is 6.07. The van der Waals surface area contributed by atoms with Crippen molar-refractivity contribution in [3.8, 4) is 0 Å². The molecule has 0 aromatic heterocycles. The molecule has 1 saturated carbocycles. The van der Waals surface area contributed by atoms with E-state index < -0.39 is 0 Å². The van der Waals surface area contributed by atoms with Gasteiger partial charge in [-0.1, -0.05) is 123 Å². The van der Waals surface area contributed by atoms with E-state index in [1.165, 1.54) is 49.3 Å². The van der Waals surface area contributed by atoms with E-state index in [4.69, 9.17) is 0 Å². The van der Waals surface area contributed by atoms with Crippen molar-refractivity contribution >= 4 is 11.9 Å². The van der Waals surface area contributed by atoms with Crippen molar-refractivity contribution in [3.05, 3.63) is 121 Å². The van der Waals surface area contributed by atoms with Gasteiger partial charge in [-0.15, -0.1) is 6.58 Å². The molecular weight excluding hydrogens is 686 g/mol. The second-order valence-corrected chi connectivity index (χ2v) is 17.5. The van der Waals surface area contributed by atoms with Gasteiger partial charge in [-0.25, -0.2) is 4.39 Å². The van der Waals surface area contributed by atoms with Gasteiger partial charge in [-0.05, 0) is 101 Å². The van der Waals surface area contributed by atoms with Crippen LogP contribution in [0.4, 0.5) is 4.39 Å². The molecule has 1 aliphatic carbocycles. The van der Waals surface area contributed by atoms with Crippen molar-refractivity contribution in [1.82, 2.24) is 25.2 Å². The summed E-state index contributed by atoms with van der Waals surface area (Å²) in [5.41, 5.74) is 9.15. The average Bonchev–Trinajstić information content (AvgIpc) is 3.65. The first kappa shape index (κ1) is 48.9. The molecule has 4 rings (SSSR count). The first-order valence-electron chi connectivity index (χ1n) is 20.3. The number of allylic oxidation sites excluding steroid dienone is 5. The lowest BCUT2D eigenvalue weighted by atomic mass is 9.91. The molecule has 1 saturated heterocycles. The third kappa shape index (κ3) is 20.5. The van der Waals surface area contributed by atoms with Gasteiger partial charge in [0.1, 0.15) is 5.82 Å². The Morgan fingerprint density at radius 2 is 1.70 bits per heavy atom. The molecule has 3 aliphatic rings. The molecule has 54 heavy (non-hydrogen) atoms. The number of unbranched alkanes of at least 4 members (excludes halogenated alkanes) is 1. The molecule has 5 nitrogen and oxygen atoms in total. The number of hydrogen-bond acceptors (Lipinski definition) is 6. The van der Waals surface area contributed by atoms with Gasteiger partial charge in [0.15, 0.2) is 0 Å². The number of nitrogens with one attached hydrogen (secondary N) is 3. The summed E-state index contributed by atoms with van der Waals surface area (Å²) in [6.07, 6.45) is 15.5. The number of nitrogens with zero attached hydrogens (tertiary/aromatic N) is 2. The first-order chi connectivity index (χ1) is 25.5. The van der Waals surface area contributed by atoms with Gasteiger partial charge in [0.05, 0.1) is 18.6 Å². The smallest absolute Gasteiger partial charge is 0.128 e. The molecular formula is C47H78FN5S. The molecule has 2 unspecified atom stereocenters. The van der Waals surface area contributed by atoms with Crippen LogP contribution in [0.3, 0.4) is 0 Å². The Morgan fingerprint density at radius 3 is 2.22 bits per heavy atom. The van der Waals surface area contributed by atoms with Gasteiger partial charge in [-0.3, -0.25) is 4.90 Å². The molecule has 0 radical (unpaired) electrons. The lowest BCUT2D eigenvalue weighted by Gasteiger charge is -2.33. The summed E-state index contributed by atoms with van der Waals surface area (Å²) in [5.74, 6) is -0.0631. The van der Waals surface area contributed by atoms with E-state index in [0.29, 0.717) is 0 Å². The van der Waals surface area contributed by atoms with Crippen LogP contribution in [0.15, 0.2) is 104 Å². The summed E-state index contributed by atoms with van der Waals surface area (Å²) in [5, 5.41) is 7.98. The van der Waals surface area contributed by atoms with Crippen LogP contribution in [0.25, 0.3) is 0 Å². The zero-order valence-electron chi connectivity index (χ0n) is 35.9. The largest absolute Gasteiger partial charge is 0.383 e. The van der Waals surface area contributed by atoms with E-state index in [9.17, 15) is 4.39 Å². The second kappa shape index (κ2) is 25.8. The maximum Gasteiger partial charge on any atom is 0.128 e. The molecule has 3 N–H and O–H groups in total. The minimum atomic E-state index is -0.0631. The topological polar surface area (TPSA) is 42.6 Å². The van der Waals surface area contributed by atoms with Gasteiger partial charge in [0.2, 0.25) is 0 Å². The molecule has 7 heteroatoms. The maximum atomic E-state index is 13.0. The number of hydrogen-bond donors (Lipinski definition) is 3. The van der Waals surface area contributed by atoms with Crippen molar-refractivity contribution in [2.75, 3.05) is 20.1 Å². The highest BCUT2D eigenvalue weighted by Crippen LogP contribution is 2.33. The minimum absolute atomic E-state index is 0.0631. The van der Waals surface area contributed by atoms with E-state index in [2.05, 4.69) is 126 Å². The van der Waals surface area contributed by atoms with Crippen LogP contribution in [0.1, 0.15) is 131 Å². The predicted octanol–water partition coefficient (Wildman–Crippen LogP) is 12.4. The summed E-state index contributed by atoms with van der Waals surface area (Å²) < 4.78 is 16.5. The fourth-order valence-corrected chi connectivity index (χ4v) is 6.90. The molecule has 0 amide bonds. The number of halogens is 1. The highest BCUT2D eigenvalue weighted by Gasteiger charge is 2.30. The fraction of sp³-hybridized carbons (Fsp3) is 0.574. The molecule has 0 spiro atoms. The summed E-state index contributed by atoms with van der Waals surface area (Å²) in [4.78, 5) is 4.52. The molecule has 304 valence electrons. The zero-order valence-corrected chi connectivity index (χ0v) is 36.8. The normalized spacial score (nSPS) is 16.4. The standard InChI is InChI=1S/C26H46N4S.C9H10FN.C8H14.C4H8/c1-9-10-12-24(21(4)29-31-23-14-15-23)28-22(5)25-13-11-16-30(25)20(3)18-27-19(2)17-26(6,7)8;1-11-5-7-3-2-4-9(10)8(7)6-11;1-5-8(4)6-7(2)3;1-3-4-2/h23-25,27-29H,2-5,9-18H2,1,6-8H3;2-4H,5-6H2,1H3;6H,4-5H2,1-3H3;3H,1,4H2,2H3. The molecule has 0 bridgehead atoms. The zero-order chi connectivity index (χ0) is 40.8. The van der Waals surface area contributed by atoms with Crippen LogP contribution in [0, 0.1) is 11.2 Å². The van der Waals surface area contributed by atoms with Gasteiger partial charge < -0.3 is 20.3 Å². The quantitative estimate of drug-likeness (QED) is 0.0786. The summed E-state index contributed by atoms with van der Waals surface area (Å²) in [6, 6.07) is 5.80. The summed E-state index contributed by atoms with van der Waals surface area (Å²) in [6.45, 7) is 45.4. The van der Waals surface area contributed by atoms with E-state index in [0.717, 1.165) is 97.4 Å². The average molecular weight is 764 g/mol. The summed E-state index contributed by atoms with van der Waals surface area (Å²) >= 11 is 1.83. The lowest BCUT2D eigenvalue weighted by Crippen LogP contribution is -2.42. The molecule has 1 aromatic carbocycles. The van der Waals surface area contributed by atoms with Crippen molar-refractivity contribution < 1.29 is 4.39 Å². The number of likely N-dealkylation sites (tertiary alicyclic amines) is 1. The van der Waals surface area contributed by atoms with E-state index in [1.54, 1.807) is 6.07 Å². The van der Waals surface area contributed by atoms with Crippen molar-refractivity contribution in [3.63, 3.8) is 0 Å². The highest BCUT2D eigenvalue weighted by molar-refractivity contribution is 7.98. The van der Waals surface area contributed by atoms with Crippen LogP contribution < -0.4 is 15.4 Å². The molecule has 2 aliphatic heterocycles. The monoisotopic (exact) mass is 764 g/mol. The van der Waals surface area contributed by atoms with Gasteiger partial charge in [0, 0.05) is 53.2 Å². The Balaban J connectivity index is 0.000000508.